The monoisotopic (exact) mass is 314 g/mol. The van der Waals surface area contributed by atoms with Gasteiger partial charge in [-0.05, 0) is 37.8 Å². The van der Waals surface area contributed by atoms with Crippen molar-refractivity contribution in [1.29, 1.82) is 0 Å². The number of β-amino-alcohol motifs (C(OH)–C–C–N with tert-alkyl or cyclic N) is 1. The second-order valence-corrected chi connectivity index (χ2v) is 7.36. The molecular weight excluding hydrogens is 284 g/mol. The Morgan fingerprint density at radius 1 is 1.22 bits per heavy atom. The molecule has 1 aromatic rings. The van der Waals surface area contributed by atoms with Crippen LogP contribution in [-0.2, 0) is 0 Å². The molecule has 1 aromatic carbocycles. The van der Waals surface area contributed by atoms with Gasteiger partial charge in [-0.25, -0.2) is 0 Å². The van der Waals surface area contributed by atoms with Gasteiger partial charge in [0.2, 0.25) is 0 Å². The average molecular weight is 314 g/mol. The fourth-order valence-electron chi connectivity index (χ4n) is 4.31. The van der Waals surface area contributed by atoms with Gasteiger partial charge in [-0.2, -0.15) is 0 Å². The number of hydrogen-bond donors (Lipinski definition) is 1. The van der Waals surface area contributed by atoms with Crippen LogP contribution < -0.4 is 0 Å². The molecule has 126 valence electrons. The standard InChI is InChI=1S/C20H30N2O/c1-16-13-21(2)20(18-11-7-4-8-12-18)22(14-16)15-19(23)17-9-5-3-6-10-17/h3,5-7,9-11,16,18-20,23H,4,8,12-15H2,1-2H3. The number of hydrogen-bond acceptors (Lipinski definition) is 3. The van der Waals surface area contributed by atoms with Gasteiger partial charge in [0.25, 0.3) is 0 Å². The summed E-state index contributed by atoms with van der Waals surface area (Å²) < 4.78 is 0. The fourth-order valence-corrected chi connectivity index (χ4v) is 4.31. The van der Waals surface area contributed by atoms with Crippen molar-refractivity contribution in [2.45, 2.75) is 38.5 Å². The van der Waals surface area contributed by atoms with Crippen molar-refractivity contribution in [3.63, 3.8) is 0 Å². The number of rotatable bonds is 4. The summed E-state index contributed by atoms with van der Waals surface area (Å²) in [6.07, 6.45) is 8.52. The summed E-state index contributed by atoms with van der Waals surface area (Å²) in [6.45, 7) is 5.25. The van der Waals surface area contributed by atoms with E-state index in [0.717, 1.165) is 18.7 Å². The van der Waals surface area contributed by atoms with E-state index in [4.69, 9.17) is 0 Å². The molecule has 0 saturated carbocycles. The van der Waals surface area contributed by atoms with Crippen LogP contribution in [0.3, 0.4) is 0 Å². The van der Waals surface area contributed by atoms with E-state index >= 15 is 0 Å². The van der Waals surface area contributed by atoms with Crippen molar-refractivity contribution >= 4 is 0 Å². The van der Waals surface area contributed by atoms with Gasteiger partial charge >= 0.3 is 0 Å². The van der Waals surface area contributed by atoms with Crippen molar-refractivity contribution in [2.24, 2.45) is 11.8 Å². The lowest BCUT2D eigenvalue weighted by Crippen LogP contribution is -2.59. The largest absolute Gasteiger partial charge is 0.387 e. The zero-order valence-corrected chi connectivity index (χ0v) is 14.4. The molecule has 23 heavy (non-hydrogen) atoms. The minimum atomic E-state index is -0.412. The third-order valence-corrected chi connectivity index (χ3v) is 5.24. The molecule has 3 rings (SSSR count). The Balaban J connectivity index is 1.75. The molecule has 2 aliphatic rings. The maximum atomic E-state index is 10.7. The molecule has 1 saturated heterocycles. The molecule has 0 aromatic heterocycles. The predicted octanol–water partition coefficient (Wildman–Crippen LogP) is 3.29. The Morgan fingerprint density at radius 2 is 2.00 bits per heavy atom. The summed E-state index contributed by atoms with van der Waals surface area (Å²) in [5.41, 5.74) is 1.02. The number of benzene rings is 1. The minimum Gasteiger partial charge on any atom is -0.387 e. The Morgan fingerprint density at radius 3 is 2.70 bits per heavy atom. The summed E-state index contributed by atoms with van der Waals surface area (Å²) in [4.78, 5) is 5.00. The highest BCUT2D eigenvalue weighted by Crippen LogP contribution is 2.31. The third kappa shape index (κ3) is 4.03. The van der Waals surface area contributed by atoms with Crippen LogP contribution in [-0.4, -0.2) is 47.8 Å². The first-order valence-electron chi connectivity index (χ1n) is 8.99. The zero-order chi connectivity index (χ0) is 16.2. The average Bonchev–Trinajstić information content (AvgIpc) is 2.56. The Bertz CT molecular complexity index is 516. The summed E-state index contributed by atoms with van der Waals surface area (Å²) in [5.74, 6) is 1.23. The summed E-state index contributed by atoms with van der Waals surface area (Å²) in [7, 11) is 2.24. The molecule has 4 unspecified atom stereocenters. The molecular formula is C20H30N2O. The van der Waals surface area contributed by atoms with Crippen molar-refractivity contribution in [1.82, 2.24) is 9.80 Å². The van der Waals surface area contributed by atoms with Gasteiger partial charge in [-0.15, -0.1) is 0 Å². The van der Waals surface area contributed by atoms with E-state index in [0.29, 0.717) is 24.5 Å². The maximum Gasteiger partial charge on any atom is 0.0917 e. The van der Waals surface area contributed by atoms with E-state index in [9.17, 15) is 5.11 Å². The van der Waals surface area contributed by atoms with Crippen LogP contribution in [0.1, 0.15) is 37.9 Å². The molecule has 3 heteroatoms. The van der Waals surface area contributed by atoms with Crippen LogP contribution in [0, 0.1) is 11.8 Å². The molecule has 0 amide bonds. The van der Waals surface area contributed by atoms with Crippen molar-refractivity contribution < 1.29 is 5.11 Å². The van der Waals surface area contributed by atoms with E-state index in [1.165, 1.54) is 19.3 Å². The lowest BCUT2D eigenvalue weighted by Gasteiger charge is -2.48. The lowest BCUT2D eigenvalue weighted by atomic mass is 9.89. The van der Waals surface area contributed by atoms with Crippen LogP contribution >= 0.6 is 0 Å². The molecule has 1 aliphatic carbocycles. The highest BCUT2D eigenvalue weighted by Gasteiger charge is 2.36. The quantitative estimate of drug-likeness (QED) is 0.864. The van der Waals surface area contributed by atoms with Crippen molar-refractivity contribution in [3.05, 3.63) is 48.0 Å². The van der Waals surface area contributed by atoms with Crippen molar-refractivity contribution in [3.8, 4) is 0 Å². The zero-order valence-electron chi connectivity index (χ0n) is 14.4. The van der Waals surface area contributed by atoms with E-state index in [-0.39, 0.29) is 0 Å². The van der Waals surface area contributed by atoms with Gasteiger partial charge in [-0.3, -0.25) is 9.80 Å². The highest BCUT2D eigenvalue weighted by molar-refractivity contribution is 5.17. The van der Waals surface area contributed by atoms with Crippen LogP contribution in [0.25, 0.3) is 0 Å². The predicted molar refractivity (Wildman–Crippen MR) is 95.0 cm³/mol. The SMILES string of the molecule is CC1CN(C)C(C2C=CCCC2)N(CC(O)c2ccccc2)C1. The van der Waals surface area contributed by atoms with Crippen molar-refractivity contribution in [2.75, 3.05) is 26.7 Å². The molecule has 1 N–H and O–H groups in total. The first-order valence-corrected chi connectivity index (χ1v) is 8.99. The Hall–Kier alpha value is -1.16. The summed E-state index contributed by atoms with van der Waals surface area (Å²) in [6, 6.07) is 10.1. The second-order valence-electron chi connectivity index (χ2n) is 7.36. The molecule has 1 aliphatic heterocycles. The van der Waals surface area contributed by atoms with Gasteiger partial charge in [0.15, 0.2) is 0 Å². The van der Waals surface area contributed by atoms with Crippen LogP contribution in [0.4, 0.5) is 0 Å². The van der Waals surface area contributed by atoms with E-state index in [1.54, 1.807) is 0 Å². The third-order valence-electron chi connectivity index (χ3n) is 5.24. The fraction of sp³-hybridized carbons (Fsp3) is 0.600. The highest BCUT2D eigenvalue weighted by atomic mass is 16.3. The number of aliphatic hydroxyl groups is 1. The summed E-state index contributed by atoms with van der Waals surface area (Å²) in [5, 5.41) is 10.7. The second kappa shape index (κ2) is 7.61. The molecule has 0 radical (unpaired) electrons. The topological polar surface area (TPSA) is 26.7 Å². The number of allylic oxidation sites excluding steroid dienone is 1. The first-order chi connectivity index (χ1) is 11.1. The molecule has 3 nitrogen and oxygen atoms in total. The smallest absolute Gasteiger partial charge is 0.0917 e. The van der Waals surface area contributed by atoms with E-state index in [2.05, 4.69) is 35.9 Å². The van der Waals surface area contributed by atoms with E-state index < -0.39 is 6.10 Å². The van der Waals surface area contributed by atoms with Gasteiger partial charge in [0, 0.05) is 25.6 Å². The molecule has 4 atom stereocenters. The lowest BCUT2D eigenvalue weighted by molar-refractivity contribution is -0.0510. The Labute approximate surface area is 140 Å². The maximum absolute atomic E-state index is 10.7. The number of aliphatic hydroxyl groups excluding tert-OH is 1. The molecule has 0 spiro atoms. The van der Waals surface area contributed by atoms with E-state index in [1.807, 2.05) is 30.3 Å². The first kappa shape index (κ1) is 16.7. The molecule has 0 bridgehead atoms. The van der Waals surface area contributed by atoms with Gasteiger partial charge in [0.05, 0.1) is 12.3 Å². The van der Waals surface area contributed by atoms with Crippen LogP contribution in [0.5, 0.6) is 0 Å². The Kier molecular flexibility index (Phi) is 5.52. The molecule has 1 heterocycles. The summed E-state index contributed by atoms with van der Waals surface area (Å²) >= 11 is 0. The van der Waals surface area contributed by atoms with Gasteiger partial charge < -0.3 is 5.11 Å². The minimum absolute atomic E-state index is 0.412. The van der Waals surface area contributed by atoms with Gasteiger partial charge in [0.1, 0.15) is 0 Å². The normalized spacial score (nSPS) is 31.2. The molecule has 1 fully saturated rings. The van der Waals surface area contributed by atoms with Crippen LogP contribution in [0.15, 0.2) is 42.5 Å². The van der Waals surface area contributed by atoms with Crippen LogP contribution in [0.2, 0.25) is 0 Å². The van der Waals surface area contributed by atoms with Gasteiger partial charge in [-0.1, -0.05) is 49.4 Å². The number of nitrogens with zero attached hydrogens (tertiary/aromatic N) is 2.